The molecule has 0 heterocycles. The van der Waals surface area contributed by atoms with Crippen LogP contribution in [-0.4, -0.2) is 21.3 Å². The SMILES string of the molecule is COc1ccc(C2(C#N)CC2)c(OC)c1OC. The normalized spacial score (nSPS) is 15.9. The molecule has 0 N–H and O–H groups in total. The number of methoxy groups -OCH3 is 3. The summed E-state index contributed by atoms with van der Waals surface area (Å²) in [5.74, 6) is 1.77. The second-order valence-electron chi connectivity index (χ2n) is 4.08. The van der Waals surface area contributed by atoms with Crippen LogP contribution in [-0.2, 0) is 5.41 Å². The maximum atomic E-state index is 9.24. The molecular weight excluding hydrogens is 218 g/mol. The number of nitriles is 1. The highest BCUT2D eigenvalue weighted by Crippen LogP contribution is 2.54. The first-order valence-electron chi connectivity index (χ1n) is 5.43. The smallest absolute Gasteiger partial charge is 0.203 e. The molecule has 0 aliphatic heterocycles. The molecule has 1 aliphatic rings. The van der Waals surface area contributed by atoms with Gasteiger partial charge < -0.3 is 14.2 Å². The van der Waals surface area contributed by atoms with Crippen molar-refractivity contribution in [3.05, 3.63) is 17.7 Å². The van der Waals surface area contributed by atoms with Gasteiger partial charge in [-0.3, -0.25) is 0 Å². The van der Waals surface area contributed by atoms with Crippen LogP contribution in [0.3, 0.4) is 0 Å². The first-order chi connectivity index (χ1) is 8.22. The number of rotatable bonds is 4. The van der Waals surface area contributed by atoms with E-state index in [-0.39, 0.29) is 0 Å². The van der Waals surface area contributed by atoms with Gasteiger partial charge in [-0.1, -0.05) is 0 Å². The lowest BCUT2D eigenvalue weighted by Gasteiger charge is -2.17. The summed E-state index contributed by atoms with van der Waals surface area (Å²) in [7, 11) is 4.72. The van der Waals surface area contributed by atoms with Crippen LogP contribution in [0, 0.1) is 11.3 Å². The average molecular weight is 233 g/mol. The molecule has 1 aliphatic carbocycles. The lowest BCUT2D eigenvalue weighted by atomic mass is 9.96. The molecule has 4 heteroatoms. The minimum Gasteiger partial charge on any atom is -0.493 e. The molecule has 1 aromatic rings. The summed E-state index contributed by atoms with van der Waals surface area (Å²) in [5, 5.41) is 9.24. The van der Waals surface area contributed by atoms with E-state index in [1.54, 1.807) is 21.3 Å². The zero-order valence-electron chi connectivity index (χ0n) is 10.2. The van der Waals surface area contributed by atoms with Gasteiger partial charge >= 0.3 is 0 Å². The highest BCUT2D eigenvalue weighted by atomic mass is 16.5. The van der Waals surface area contributed by atoms with Crippen LogP contribution < -0.4 is 14.2 Å². The topological polar surface area (TPSA) is 51.5 Å². The molecule has 0 spiro atoms. The van der Waals surface area contributed by atoms with E-state index in [1.165, 1.54) is 0 Å². The molecule has 90 valence electrons. The lowest BCUT2D eigenvalue weighted by Crippen LogP contribution is -2.07. The molecule has 0 aromatic heterocycles. The molecule has 1 aromatic carbocycles. The van der Waals surface area contributed by atoms with Gasteiger partial charge in [0.05, 0.1) is 32.8 Å². The summed E-state index contributed by atoms with van der Waals surface area (Å²) in [6.45, 7) is 0. The fourth-order valence-electron chi connectivity index (χ4n) is 2.04. The average Bonchev–Trinajstić information content (AvgIpc) is 3.17. The van der Waals surface area contributed by atoms with E-state index in [0.29, 0.717) is 17.2 Å². The Bertz CT molecular complexity index is 472. The molecule has 1 fully saturated rings. The van der Waals surface area contributed by atoms with E-state index in [2.05, 4.69) is 6.07 Å². The second-order valence-corrected chi connectivity index (χ2v) is 4.08. The van der Waals surface area contributed by atoms with Crippen LogP contribution in [0.25, 0.3) is 0 Å². The Hall–Kier alpha value is -1.89. The van der Waals surface area contributed by atoms with E-state index >= 15 is 0 Å². The van der Waals surface area contributed by atoms with Gasteiger partial charge in [0.2, 0.25) is 5.75 Å². The molecule has 0 amide bonds. The number of benzene rings is 1. The summed E-state index contributed by atoms with van der Waals surface area (Å²) < 4.78 is 15.9. The number of ether oxygens (including phenoxy) is 3. The van der Waals surface area contributed by atoms with E-state index in [1.807, 2.05) is 12.1 Å². The van der Waals surface area contributed by atoms with Crippen molar-refractivity contribution < 1.29 is 14.2 Å². The third-order valence-electron chi connectivity index (χ3n) is 3.18. The molecule has 0 saturated heterocycles. The van der Waals surface area contributed by atoms with Gasteiger partial charge in [0.1, 0.15) is 0 Å². The van der Waals surface area contributed by atoms with Crippen LogP contribution in [0.1, 0.15) is 18.4 Å². The minimum atomic E-state index is -0.398. The zero-order chi connectivity index (χ0) is 12.5. The molecule has 17 heavy (non-hydrogen) atoms. The maximum absolute atomic E-state index is 9.24. The Labute approximate surface area is 101 Å². The van der Waals surface area contributed by atoms with E-state index in [9.17, 15) is 5.26 Å². The first-order valence-corrected chi connectivity index (χ1v) is 5.43. The Morgan fingerprint density at radius 2 is 1.71 bits per heavy atom. The Kier molecular flexibility index (Phi) is 2.84. The fourth-order valence-corrected chi connectivity index (χ4v) is 2.04. The quantitative estimate of drug-likeness (QED) is 0.800. The summed E-state index contributed by atoms with van der Waals surface area (Å²) >= 11 is 0. The van der Waals surface area contributed by atoms with Gasteiger partial charge in [0, 0.05) is 5.56 Å². The van der Waals surface area contributed by atoms with Gasteiger partial charge in [-0.25, -0.2) is 0 Å². The third-order valence-corrected chi connectivity index (χ3v) is 3.18. The van der Waals surface area contributed by atoms with Crippen LogP contribution in [0.4, 0.5) is 0 Å². The predicted octanol–water partition coefficient (Wildman–Crippen LogP) is 2.27. The Morgan fingerprint density at radius 1 is 1.06 bits per heavy atom. The van der Waals surface area contributed by atoms with E-state index < -0.39 is 5.41 Å². The van der Waals surface area contributed by atoms with Crippen molar-refractivity contribution in [3.63, 3.8) is 0 Å². The number of hydrogen-bond donors (Lipinski definition) is 0. The van der Waals surface area contributed by atoms with Crippen molar-refractivity contribution in [2.24, 2.45) is 0 Å². The van der Waals surface area contributed by atoms with Gasteiger partial charge in [0.25, 0.3) is 0 Å². The van der Waals surface area contributed by atoms with Crippen molar-refractivity contribution in [2.75, 3.05) is 21.3 Å². The maximum Gasteiger partial charge on any atom is 0.203 e. The highest BCUT2D eigenvalue weighted by Gasteiger charge is 2.47. The van der Waals surface area contributed by atoms with Crippen molar-refractivity contribution in [2.45, 2.75) is 18.3 Å². The van der Waals surface area contributed by atoms with Crippen molar-refractivity contribution in [3.8, 4) is 23.3 Å². The first kappa shape index (κ1) is 11.6. The second kappa shape index (κ2) is 4.17. The molecule has 1 saturated carbocycles. The largest absolute Gasteiger partial charge is 0.493 e. The Balaban J connectivity index is 2.59. The zero-order valence-corrected chi connectivity index (χ0v) is 10.2. The van der Waals surface area contributed by atoms with Crippen molar-refractivity contribution in [1.29, 1.82) is 5.26 Å². The third kappa shape index (κ3) is 1.68. The van der Waals surface area contributed by atoms with Gasteiger partial charge in [-0.2, -0.15) is 5.26 Å². The van der Waals surface area contributed by atoms with Crippen LogP contribution in [0.2, 0.25) is 0 Å². The summed E-state index contributed by atoms with van der Waals surface area (Å²) in [6.07, 6.45) is 1.74. The summed E-state index contributed by atoms with van der Waals surface area (Å²) in [4.78, 5) is 0. The van der Waals surface area contributed by atoms with Crippen LogP contribution in [0.15, 0.2) is 12.1 Å². The van der Waals surface area contributed by atoms with Gasteiger partial charge in [0.15, 0.2) is 11.5 Å². The molecule has 4 nitrogen and oxygen atoms in total. The fraction of sp³-hybridized carbons (Fsp3) is 0.462. The predicted molar refractivity (Wildman–Crippen MR) is 62.6 cm³/mol. The van der Waals surface area contributed by atoms with E-state index in [0.717, 1.165) is 18.4 Å². The molecule has 0 bridgehead atoms. The molecule has 2 rings (SSSR count). The molecule has 0 radical (unpaired) electrons. The van der Waals surface area contributed by atoms with Crippen LogP contribution >= 0.6 is 0 Å². The van der Waals surface area contributed by atoms with Crippen molar-refractivity contribution >= 4 is 0 Å². The monoisotopic (exact) mass is 233 g/mol. The standard InChI is InChI=1S/C13H15NO3/c1-15-10-5-4-9(13(8-14)6-7-13)11(16-2)12(10)17-3/h4-5H,6-7H2,1-3H3. The lowest BCUT2D eigenvalue weighted by molar-refractivity contribution is 0.321. The van der Waals surface area contributed by atoms with Crippen LogP contribution in [0.5, 0.6) is 17.2 Å². The molecule has 0 unspecified atom stereocenters. The van der Waals surface area contributed by atoms with Gasteiger partial charge in [-0.15, -0.1) is 0 Å². The minimum absolute atomic E-state index is 0.398. The van der Waals surface area contributed by atoms with Gasteiger partial charge in [-0.05, 0) is 25.0 Å². The van der Waals surface area contributed by atoms with Crippen molar-refractivity contribution in [1.82, 2.24) is 0 Å². The summed E-state index contributed by atoms with van der Waals surface area (Å²) in [6, 6.07) is 6.05. The molecular formula is C13H15NO3. The van der Waals surface area contributed by atoms with E-state index in [4.69, 9.17) is 14.2 Å². The number of nitrogens with zero attached hydrogens (tertiary/aromatic N) is 1. The highest BCUT2D eigenvalue weighted by molar-refractivity contribution is 5.60. The number of hydrogen-bond acceptors (Lipinski definition) is 4. The Morgan fingerprint density at radius 3 is 2.12 bits per heavy atom. The summed E-state index contributed by atoms with van der Waals surface area (Å²) in [5.41, 5.74) is 0.491. The molecule has 0 atom stereocenters.